The molecule has 3 heteroatoms. The van der Waals surface area contributed by atoms with Crippen LogP contribution >= 0.6 is 0 Å². The zero-order chi connectivity index (χ0) is 14.2. The van der Waals surface area contributed by atoms with Crippen molar-refractivity contribution in [2.24, 2.45) is 5.92 Å². The summed E-state index contributed by atoms with van der Waals surface area (Å²) in [5, 5.41) is 0. The molecule has 0 saturated heterocycles. The van der Waals surface area contributed by atoms with Crippen molar-refractivity contribution >= 4 is 11.7 Å². The van der Waals surface area contributed by atoms with Crippen molar-refractivity contribution in [3.63, 3.8) is 0 Å². The predicted octanol–water partition coefficient (Wildman–Crippen LogP) is 3.51. The molecule has 2 aliphatic rings. The molecular weight excluding hydrogens is 260 g/mol. The van der Waals surface area contributed by atoms with E-state index in [2.05, 4.69) is 23.2 Å². The molecule has 0 radical (unpaired) electrons. The van der Waals surface area contributed by atoms with Crippen molar-refractivity contribution in [3.8, 4) is 0 Å². The lowest BCUT2D eigenvalue weighted by Crippen LogP contribution is -2.41. The molecule has 2 aromatic rings. The van der Waals surface area contributed by atoms with Crippen LogP contribution in [0, 0.1) is 5.92 Å². The third kappa shape index (κ3) is 2.04. The number of rotatable bonds is 2. The lowest BCUT2D eigenvalue weighted by atomic mass is 9.84. The van der Waals surface area contributed by atoms with E-state index < -0.39 is 0 Å². The van der Waals surface area contributed by atoms with Crippen molar-refractivity contribution in [1.82, 2.24) is 4.98 Å². The minimum absolute atomic E-state index is 0.158. The van der Waals surface area contributed by atoms with Crippen molar-refractivity contribution in [3.05, 3.63) is 59.8 Å². The van der Waals surface area contributed by atoms with Crippen LogP contribution < -0.4 is 4.90 Å². The van der Waals surface area contributed by atoms with Crippen LogP contribution in [0.3, 0.4) is 0 Å². The van der Waals surface area contributed by atoms with E-state index in [0.29, 0.717) is 12.5 Å². The second-order valence-electron chi connectivity index (χ2n) is 5.97. The Labute approximate surface area is 124 Å². The summed E-state index contributed by atoms with van der Waals surface area (Å²) < 4.78 is 0. The molecule has 1 amide bonds. The van der Waals surface area contributed by atoms with Gasteiger partial charge in [-0.2, -0.15) is 0 Å². The number of fused-ring (bicyclic) bond motifs is 3. The lowest BCUT2D eigenvalue weighted by Gasteiger charge is -2.35. The van der Waals surface area contributed by atoms with Crippen molar-refractivity contribution in [2.45, 2.75) is 31.7 Å². The minimum Gasteiger partial charge on any atom is -0.292 e. The van der Waals surface area contributed by atoms with Gasteiger partial charge in [-0.05, 0) is 36.0 Å². The fraction of sp³-hybridized carbons (Fsp3) is 0.333. The Hall–Kier alpha value is -2.16. The SMILES string of the molecule is O=C1[C@H]2CCC[C@@H]2c2cccnc2N1Cc1ccccc1. The second-order valence-corrected chi connectivity index (χ2v) is 5.97. The van der Waals surface area contributed by atoms with Gasteiger partial charge in [0.25, 0.3) is 0 Å². The number of anilines is 1. The number of hydrogen-bond donors (Lipinski definition) is 0. The van der Waals surface area contributed by atoms with Crippen molar-refractivity contribution < 1.29 is 4.79 Å². The van der Waals surface area contributed by atoms with E-state index in [1.54, 1.807) is 6.20 Å². The summed E-state index contributed by atoms with van der Waals surface area (Å²) >= 11 is 0. The van der Waals surface area contributed by atoms with Gasteiger partial charge in [-0.25, -0.2) is 4.98 Å². The summed E-state index contributed by atoms with van der Waals surface area (Å²) in [4.78, 5) is 19.3. The predicted molar refractivity (Wildman–Crippen MR) is 82.0 cm³/mol. The summed E-state index contributed by atoms with van der Waals surface area (Å²) in [6.45, 7) is 0.618. The van der Waals surface area contributed by atoms with Crippen LogP contribution in [-0.2, 0) is 11.3 Å². The van der Waals surface area contributed by atoms with E-state index >= 15 is 0 Å². The fourth-order valence-electron chi connectivity index (χ4n) is 3.78. The van der Waals surface area contributed by atoms with Gasteiger partial charge in [-0.3, -0.25) is 9.69 Å². The van der Waals surface area contributed by atoms with Gasteiger partial charge in [0.05, 0.1) is 6.54 Å². The number of carbonyl (C=O) groups excluding carboxylic acids is 1. The topological polar surface area (TPSA) is 33.2 Å². The third-order valence-electron chi connectivity index (χ3n) is 4.75. The Morgan fingerprint density at radius 1 is 1.05 bits per heavy atom. The summed E-state index contributed by atoms with van der Waals surface area (Å²) in [5.41, 5.74) is 2.41. The number of hydrogen-bond acceptors (Lipinski definition) is 2. The van der Waals surface area contributed by atoms with Crippen molar-refractivity contribution in [1.29, 1.82) is 0 Å². The largest absolute Gasteiger partial charge is 0.292 e. The number of aromatic nitrogens is 1. The molecule has 0 spiro atoms. The highest BCUT2D eigenvalue weighted by molar-refractivity contribution is 5.98. The van der Waals surface area contributed by atoms with Gasteiger partial charge in [0.1, 0.15) is 5.82 Å². The number of pyridine rings is 1. The van der Waals surface area contributed by atoms with Crippen LogP contribution in [0.2, 0.25) is 0 Å². The highest BCUT2D eigenvalue weighted by atomic mass is 16.2. The van der Waals surface area contributed by atoms with E-state index in [4.69, 9.17) is 0 Å². The summed E-state index contributed by atoms with van der Waals surface area (Å²) in [5.74, 6) is 1.67. The molecule has 106 valence electrons. The first-order chi connectivity index (χ1) is 10.3. The summed E-state index contributed by atoms with van der Waals surface area (Å²) in [6, 6.07) is 14.3. The van der Waals surface area contributed by atoms with Crippen LogP contribution in [0.25, 0.3) is 0 Å². The maximum absolute atomic E-state index is 12.9. The molecular formula is C18H18N2O. The molecule has 4 rings (SSSR count). The number of nitrogens with zero attached hydrogens (tertiary/aromatic N) is 2. The van der Waals surface area contributed by atoms with Crippen LogP contribution in [-0.4, -0.2) is 10.9 Å². The van der Waals surface area contributed by atoms with Crippen molar-refractivity contribution in [2.75, 3.05) is 4.90 Å². The number of amides is 1. The Balaban J connectivity index is 1.76. The van der Waals surface area contributed by atoms with E-state index in [1.165, 1.54) is 5.56 Å². The Morgan fingerprint density at radius 3 is 2.71 bits per heavy atom. The molecule has 2 atom stereocenters. The lowest BCUT2D eigenvalue weighted by molar-refractivity contribution is -0.123. The maximum Gasteiger partial charge on any atom is 0.232 e. The van der Waals surface area contributed by atoms with Crippen LogP contribution in [0.15, 0.2) is 48.7 Å². The first-order valence-electron chi connectivity index (χ1n) is 7.65. The second kappa shape index (κ2) is 4.99. The van der Waals surface area contributed by atoms with E-state index in [9.17, 15) is 4.79 Å². The molecule has 1 aliphatic carbocycles. The molecule has 1 aromatic carbocycles. The Morgan fingerprint density at radius 2 is 1.86 bits per heavy atom. The zero-order valence-electron chi connectivity index (χ0n) is 11.9. The monoisotopic (exact) mass is 278 g/mol. The Bertz CT molecular complexity index is 668. The molecule has 3 nitrogen and oxygen atoms in total. The van der Waals surface area contributed by atoms with Gasteiger partial charge in [-0.15, -0.1) is 0 Å². The minimum atomic E-state index is 0.158. The molecule has 1 aromatic heterocycles. The third-order valence-corrected chi connectivity index (χ3v) is 4.75. The molecule has 0 N–H and O–H groups in total. The molecule has 2 heterocycles. The van der Waals surface area contributed by atoms with Crippen LogP contribution in [0.1, 0.15) is 36.3 Å². The standard InChI is InChI=1S/C18H18N2O/c21-18-16-9-4-8-14(16)15-10-5-11-19-17(15)20(18)12-13-6-2-1-3-7-13/h1-3,5-7,10-11,14,16H,4,8-9,12H2/t14-,16+/m1/s1. The van der Waals surface area contributed by atoms with Gasteiger partial charge < -0.3 is 0 Å². The van der Waals surface area contributed by atoms with E-state index in [0.717, 1.165) is 30.6 Å². The normalized spacial score (nSPS) is 23.8. The van der Waals surface area contributed by atoms with E-state index in [-0.39, 0.29) is 11.8 Å². The smallest absolute Gasteiger partial charge is 0.232 e. The highest BCUT2D eigenvalue weighted by Crippen LogP contribution is 2.47. The molecule has 21 heavy (non-hydrogen) atoms. The number of carbonyl (C=O) groups is 1. The average molecular weight is 278 g/mol. The summed E-state index contributed by atoms with van der Waals surface area (Å²) in [6.07, 6.45) is 5.07. The molecule has 0 bridgehead atoms. The average Bonchev–Trinajstić information content (AvgIpc) is 3.02. The Kier molecular flexibility index (Phi) is 2.99. The van der Waals surface area contributed by atoms with Gasteiger partial charge in [0, 0.05) is 12.1 Å². The van der Waals surface area contributed by atoms with Gasteiger partial charge in [-0.1, -0.05) is 42.8 Å². The first-order valence-corrected chi connectivity index (χ1v) is 7.65. The van der Waals surface area contributed by atoms with Crippen LogP contribution in [0.4, 0.5) is 5.82 Å². The number of benzene rings is 1. The molecule has 1 fully saturated rings. The quantitative estimate of drug-likeness (QED) is 0.842. The fourth-order valence-corrected chi connectivity index (χ4v) is 3.78. The maximum atomic E-state index is 12.9. The molecule has 1 saturated carbocycles. The summed E-state index contributed by atoms with van der Waals surface area (Å²) in [7, 11) is 0. The highest BCUT2D eigenvalue weighted by Gasteiger charge is 2.43. The van der Waals surface area contributed by atoms with Gasteiger partial charge in [0.2, 0.25) is 5.91 Å². The molecule has 0 unspecified atom stereocenters. The molecule has 1 aliphatic heterocycles. The van der Waals surface area contributed by atoms with E-state index in [1.807, 2.05) is 29.2 Å². The van der Waals surface area contributed by atoms with Gasteiger partial charge in [0.15, 0.2) is 0 Å². The van der Waals surface area contributed by atoms with Gasteiger partial charge >= 0.3 is 0 Å². The zero-order valence-corrected chi connectivity index (χ0v) is 11.9. The van der Waals surface area contributed by atoms with Crippen LogP contribution in [0.5, 0.6) is 0 Å². The first kappa shape index (κ1) is 12.6.